The van der Waals surface area contributed by atoms with Crippen molar-refractivity contribution in [3.63, 3.8) is 0 Å². The van der Waals surface area contributed by atoms with Gasteiger partial charge in [0.25, 0.3) is 0 Å². The van der Waals surface area contributed by atoms with Crippen LogP contribution in [0.15, 0.2) is 24.3 Å². The average Bonchev–Trinajstić information content (AvgIpc) is 2.48. The normalized spacial score (nSPS) is 10.2. The molecule has 0 spiro atoms. The molecule has 6 heteroatoms. The van der Waals surface area contributed by atoms with Crippen molar-refractivity contribution in [2.45, 2.75) is 27.2 Å². The molecule has 1 aromatic carbocycles. The first-order valence-corrected chi connectivity index (χ1v) is 7.17. The Morgan fingerprint density at radius 2 is 1.71 bits per heavy atom. The van der Waals surface area contributed by atoms with Gasteiger partial charge in [0, 0.05) is 12.2 Å². The number of rotatable bonds is 7. The molecule has 0 saturated heterocycles. The number of hydrogen-bond acceptors (Lipinski definition) is 6. The van der Waals surface area contributed by atoms with E-state index in [1.807, 2.05) is 45.0 Å². The second-order valence-corrected chi connectivity index (χ2v) is 4.64. The first kappa shape index (κ1) is 15.0. The maximum atomic E-state index is 5.50. The number of benzene rings is 1. The molecule has 112 valence electrons. The van der Waals surface area contributed by atoms with Gasteiger partial charge in [-0.25, -0.2) is 0 Å². The van der Waals surface area contributed by atoms with Gasteiger partial charge in [0.05, 0.1) is 6.61 Å². The summed E-state index contributed by atoms with van der Waals surface area (Å²) in [5.74, 6) is 0.976. The lowest BCUT2D eigenvalue weighted by atomic mass is 10.2. The highest BCUT2D eigenvalue weighted by atomic mass is 16.5. The van der Waals surface area contributed by atoms with Crippen molar-refractivity contribution in [1.82, 2.24) is 15.0 Å². The summed E-state index contributed by atoms with van der Waals surface area (Å²) >= 11 is 0. The zero-order chi connectivity index (χ0) is 15.1. The van der Waals surface area contributed by atoms with Crippen molar-refractivity contribution >= 4 is 17.6 Å². The Hall–Kier alpha value is -2.37. The fourth-order valence-electron chi connectivity index (χ4n) is 1.67. The highest BCUT2D eigenvalue weighted by molar-refractivity contribution is 5.54. The molecule has 6 nitrogen and oxygen atoms in total. The Morgan fingerprint density at radius 1 is 1.00 bits per heavy atom. The van der Waals surface area contributed by atoms with Crippen LogP contribution in [0.25, 0.3) is 0 Å². The number of aromatic nitrogens is 3. The second kappa shape index (κ2) is 7.42. The number of ether oxygens (including phenoxy) is 1. The van der Waals surface area contributed by atoms with Crippen LogP contribution >= 0.6 is 0 Å². The van der Waals surface area contributed by atoms with Gasteiger partial charge in [0.15, 0.2) is 0 Å². The number of nitrogens with zero attached hydrogens (tertiary/aromatic N) is 3. The molecule has 0 aliphatic rings. The molecular weight excluding hydrogens is 266 g/mol. The SMILES string of the molecule is CCCOc1nc(NCC)nc(Nc2ccc(C)cc2)n1. The van der Waals surface area contributed by atoms with Crippen molar-refractivity contribution in [2.75, 3.05) is 23.8 Å². The quantitative estimate of drug-likeness (QED) is 0.815. The highest BCUT2D eigenvalue weighted by Crippen LogP contribution is 2.17. The first-order chi connectivity index (χ1) is 10.2. The van der Waals surface area contributed by atoms with Crippen LogP contribution in [0.5, 0.6) is 6.01 Å². The summed E-state index contributed by atoms with van der Waals surface area (Å²) in [4.78, 5) is 12.8. The lowest BCUT2D eigenvalue weighted by molar-refractivity contribution is 0.292. The van der Waals surface area contributed by atoms with Crippen LogP contribution in [-0.2, 0) is 0 Å². The van der Waals surface area contributed by atoms with E-state index in [0.717, 1.165) is 18.7 Å². The van der Waals surface area contributed by atoms with Crippen LogP contribution in [0.3, 0.4) is 0 Å². The Morgan fingerprint density at radius 3 is 2.38 bits per heavy atom. The molecule has 0 fully saturated rings. The Labute approximate surface area is 125 Å². The van der Waals surface area contributed by atoms with Gasteiger partial charge in [-0.05, 0) is 32.4 Å². The molecule has 0 bridgehead atoms. The summed E-state index contributed by atoms with van der Waals surface area (Å²) in [6, 6.07) is 8.36. The molecule has 0 atom stereocenters. The first-order valence-electron chi connectivity index (χ1n) is 7.17. The third kappa shape index (κ3) is 4.59. The number of nitrogens with one attached hydrogen (secondary N) is 2. The molecule has 21 heavy (non-hydrogen) atoms. The molecule has 0 aliphatic heterocycles. The van der Waals surface area contributed by atoms with Gasteiger partial charge in [0.1, 0.15) is 0 Å². The minimum atomic E-state index is 0.331. The lowest BCUT2D eigenvalue weighted by Gasteiger charge is -2.10. The van der Waals surface area contributed by atoms with Gasteiger partial charge >= 0.3 is 6.01 Å². The van der Waals surface area contributed by atoms with E-state index in [-0.39, 0.29) is 0 Å². The van der Waals surface area contributed by atoms with Gasteiger partial charge in [0.2, 0.25) is 11.9 Å². The van der Waals surface area contributed by atoms with E-state index in [4.69, 9.17) is 4.74 Å². The highest BCUT2D eigenvalue weighted by Gasteiger charge is 2.07. The molecule has 0 unspecified atom stereocenters. The van der Waals surface area contributed by atoms with Crippen molar-refractivity contribution in [1.29, 1.82) is 0 Å². The van der Waals surface area contributed by atoms with Crippen LogP contribution in [0.2, 0.25) is 0 Å². The Balaban J connectivity index is 2.19. The Bertz CT molecular complexity index is 571. The van der Waals surface area contributed by atoms with Gasteiger partial charge in [-0.15, -0.1) is 0 Å². The van der Waals surface area contributed by atoms with E-state index < -0.39 is 0 Å². The maximum absolute atomic E-state index is 5.50. The summed E-state index contributed by atoms with van der Waals surface area (Å²) in [5.41, 5.74) is 2.13. The van der Waals surface area contributed by atoms with E-state index in [0.29, 0.717) is 24.5 Å². The number of aryl methyl sites for hydroxylation is 1. The Kier molecular flexibility index (Phi) is 5.31. The van der Waals surface area contributed by atoms with Gasteiger partial charge < -0.3 is 15.4 Å². The van der Waals surface area contributed by atoms with Crippen LogP contribution in [0.4, 0.5) is 17.6 Å². The number of hydrogen-bond donors (Lipinski definition) is 2. The smallest absolute Gasteiger partial charge is 0.323 e. The molecule has 1 aromatic heterocycles. The van der Waals surface area contributed by atoms with Gasteiger partial charge in [-0.3, -0.25) is 0 Å². The van der Waals surface area contributed by atoms with Gasteiger partial charge in [-0.1, -0.05) is 24.6 Å². The molecule has 2 rings (SSSR count). The average molecular weight is 287 g/mol. The largest absolute Gasteiger partial charge is 0.463 e. The molecule has 0 radical (unpaired) electrons. The van der Waals surface area contributed by atoms with E-state index in [9.17, 15) is 0 Å². The zero-order valence-electron chi connectivity index (χ0n) is 12.7. The summed E-state index contributed by atoms with van der Waals surface area (Å²) in [6.45, 7) is 7.40. The summed E-state index contributed by atoms with van der Waals surface area (Å²) < 4.78 is 5.50. The van der Waals surface area contributed by atoms with Crippen molar-refractivity contribution in [3.8, 4) is 6.01 Å². The van der Waals surface area contributed by atoms with Crippen molar-refractivity contribution < 1.29 is 4.74 Å². The van der Waals surface area contributed by atoms with Crippen LogP contribution in [0.1, 0.15) is 25.8 Å². The van der Waals surface area contributed by atoms with Crippen molar-refractivity contribution in [2.24, 2.45) is 0 Å². The lowest BCUT2D eigenvalue weighted by Crippen LogP contribution is -2.09. The molecule has 0 saturated carbocycles. The predicted molar refractivity (Wildman–Crippen MR) is 84.2 cm³/mol. The predicted octanol–water partition coefficient (Wildman–Crippen LogP) is 3.14. The number of anilines is 3. The summed E-state index contributed by atoms with van der Waals surface area (Å²) in [5, 5.41) is 6.24. The van der Waals surface area contributed by atoms with E-state index in [2.05, 4.69) is 25.6 Å². The summed E-state index contributed by atoms with van der Waals surface area (Å²) in [7, 11) is 0. The minimum absolute atomic E-state index is 0.331. The van der Waals surface area contributed by atoms with Crippen LogP contribution in [0, 0.1) is 6.92 Å². The van der Waals surface area contributed by atoms with E-state index >= 15 is 0 Å². The fourth-order valence-corrected chi connectivity index (χ4v) is 1.67. The van der Waals surface area contributed by atoms with Crippen LogP contribution < -0.4 is 15.4 Å². The molecule has 0 amide bonds. The van der Waals surface area contributed by atoms with E-state index in [1.165, 1.54) is 5.56 Å². The minimum Gasteiger partial charge on any atom is -0.463 e. The topological polar surface area (TPSA) is 72.0 Å². The fraction of sp³-hybridized carbons (Fsp3) is 0.400. The molecular formula is C15H21N5O. The molecule has 0 aliphatic carbocycles. The van der Waals surface area contributed by atoms with Crippen molar-refractivity contribution in [3.05, 3.63) is 29.8 Å². The standard InChI is InChI=1S/C15H21N5O/c1-4-10-21-15-19-13(16-5-2)18-14(20-15)17-12-8-6-11(3)7-9-12/h6-9H,4-5,10H2,1-3H3,(H2,16,17,18,19,20). The molecule has 2 N–H and O–H groups in total. The monoisotopic (exact) mass is 287 g/mol. The third-order valence-electron chi connectivity index (χ3n) is 2.69. The zero-order valence-corrected chi connectivity index (χ0v) is 12.7. The third-order valence-corrected chi connectivity index (χ3v) is 2.69. The molecule has 2 aromatic rings. The molecule has 1 heterocycles. The maximum Gasteiger partial charge on any atom is 0.323 e. The van der Waals surface area contributed by atoms with E-state index in [1.54, 1.807) is 0 Å². The van der Waals surface area contributed by atoms with Crippen LogP contribution in [-0.4, -0.2) is 28.1 Å². The van der Waals surface area contributed by atoms with Gasteiger partial charge in [-0.2, -0.15) is 15.0 Å². The second-order valence-electron chi connectivity index (χ2n) is 4.64. The summed E-state index contributed by atoms with van der Waals surface area (Å²) in [6.07, 6.45) is 0.906.